The molecule has 0 amide bonds. The quantitative estimate of drug-likeness (QED) is 0.494. The summed E-state index contributed by atoms with van der Waals surface area (Å²) in [5, 5.41) is 20.8. The third-order valence-electron chi connectivity index (χ3n) is 2.24. The van der Waals surface area contributed by atoms with Gasteiger partial charge >= 0.3 is 0 Å². The maximum atomic E-state index is 9.00. The van der Waals surface area contributed by atoms with Crippen LogP contribution < -0.4 is 5.32 Å². The number of aliphatic hydroxyl groups excluding tert-OH is 2. The van der Waals surface area contributed by atoms with Gasteiger partial charge in [0.05, 0.1) is 6.61 Å². The van der Waals surface area contributed by atoms with Crippen LogP contribution in [0.5, 0.6) is 0 Å². The van der Waals surface area contributed by atoms with Gasteiger partial charge in [-0.05, 0) is 31.7 Å². The number of nitrogens with one attached hydrogen (secondary N) is 1. The number of unbranched alkanes of at least 4 members (excludes halogenated alkanes) is 2. The van der Waals surface area contributed by atoms with Gasteiger partial charge in [0, 0.05) is 12.6 Å². The fraction of sp³-hybridized carbons (Fsp3) is 1.00. The van der Waals surface area contributed by atoms with Crippen molar-refractivity contribution in [1.29, 1.82) is 0 Å². The smallest absolute Gasteiger partial charge is 0.0587 e. The van der Waals surface area contributed by atoms with Crippen LogP contribution in [0.15, 0.2) is 0 Å². The van der Waals surface area contributed by atoms with Crippen LogP contribution in [-0.2, 0) is 0 Å². The summed E-state index contributed by atoms with van der Waals surface area (Å²) in [6, 6.07) is 0.217. The Hall–Kier alpha value is -0.120. The highest BCUT2D eigenvalue weighted by molar-refractivity contribution is 4.68. The summed E-state index contributed by atoms with van der Waals surface area (Å²) in [4.78, 5) is 0. The van der Waals surface area contributed by atoms with Crippen molar-refractivity contribution < 1.29 is 10.2 Å². The van der Waals surface area contributed by atoms with Crippen LogP contribution in [-0.4, -0.2) is 36.0 Å². The lowest BCUT2D eigenvalue weighted by Crippen LogP contribution is -2.37. The van der Waals surface area contributed by atoms with Crippen molar-refractivity contribution in [2.75, 3.05) is 19.8 Å². The first kappa shape index (κ1) is 12.9. The van der Waals surface area contributed by atoms with Crippen molar-refractivity contribution in [2.24, 2.45) is 5.92 Å². The molecular weight excluding hydrogens is 166 g/mol. The van der Waals surface area contributed by atoms with Crippen molar-refractivity contribution in [3.8, 4) is 0 Å². The van der Waals surface area contributed by atoms with Crippen LogP contribution in [0.2, 0.25) is 0 Å². The molecule has 0 spiro atoms. The Kier molecular flexibility index (Phi) is 8.40. The van der Waals surface area contributed by atoms with Gasteiger partial charge in [0.15, 0.2) is 0 Å². The van der Waals surface area contributed by atoms with E-state index in [1.54, 1.807) is 0 Å². The third kappa shape index (κ3) is 6.99. The maximum Gasteiger partial charge on any atom is 0.0587 e. The predicted molar refractivity (Wildman–Crippen MR) is 54.7 cm³/mol. The fourth-order valence-corrected chi connectivity index (χ4v) is 1.21. The molecule has 0 fully saturated rings. The molecule has 0 aromatic carbocycles. The minimum atomic E-state index is 0.206. The van der Waals surface area contributed by atoms with Gasteiger partial charge in [-0.1, -0.05) is 13.8 Å². The first-order valence-electron chi connectivity index (χ1n) is 5.17. The average Bonchev–Trinajstić information content (AvgIpc) is 2.10. The van der Waals surface area contributed by atoms with Crippen LogP contribution in [0.1, 0.15) is 33.1 Å². The highest BCUT2D eigenvalue weighted by atomic mass is 16.3. The highest BCUT2D eigenvalue weighted by Gasteiger charge is 2.09. The minimum absolute atomic E-state index is 0.206. The van der Waals surface area contributed by atoms with Gasteiger partial charge in [-0.25, -0.2) is 0 Å². The van der Waals surface area contributed by atoms with Crippen molar-refractivity contribution in [3.63, 3.8) is 0 Å². The molecule has 80 valence electrons. The Morgan fingerprint density at radius 2 is 1.77 bits per heavy atom. The van der Waals surface area contributed by atoms with E-state index >= 15 is 0 Å². The van der Waals surface area contributed by atoms with E-state index in [1.165, 1.54) is 0 Å². The van der Waals surface area contributed by atoms with Gasteiger partial charge in [-0.2, -0.15) is 0 Å². The summed E-state index contributed by atoms with van der Waals surface area (Å²) < 4.78 is 0. The van der Waals surface area contributed by atoms with E-state index in [2.05, 4.69) is 19.2 Å². The molecular formula is C10H23NO2. The molecule has 3 heteroatoms. The summed E-state index contributed by atoms with van der Waals surface area (Å²) in [5.41, 5.74) is 0. The molecule has 0 aliphatic heterocycles. The van der Waals surface area contributed by atoms with Gasteiger partial charge in [0.1, 0.15) is 0 Å². The van der Waals surface area contributed by atoms with Gasteiger partial charge in [0.25, 0.3) is 0 Å². The lowest BCUT2D eigenvalue weighted by Gasteiger charge is -2.19. The molecule has 0 bridgehead atoms. The first-order chi connectivity index (χ1) is 6.22. The summed E-state index contributed by atoms with van der Waals surface area (Å²) in [7, 11) is 0. The Balaban J connectivity index is 3.28. The van der Waals surface area contributed by atoms with Crippen molar-refractivity contribution in [3.05, 3.63) is 0 Å². The molecule has 0 rings (SSSR count). The molecule has 0 aromatic rings. The highest BCUT2D eigenvalue weighted by Crippen LogP contribution is 2.01. The zero-order chi connectivity index (χ0) is 10.1. The van der Waals surface area contributed by atoms with E-state index in [4.69, 9.17) is 10.2 Å². The molecule has 0 radical (unpaired) electrons. The van der Waals surface area contributed by atoms with Crippen LogP contribution >= 0.6 is 0 Å². The van der Waals surface area contributed by atoms with E-state index in [1.807, 2.05) is 0 Å². The molecule has 0 saturated carbocycles. The summed E-state index contributed by atoms with van der Waals surface area (Å²) in [5.74, 6) is 0.475. The molecule has 3 N–H and O–H groups in total. The zero-order valence-electron chi connectivity index (χ0n) is 8.79. The van der Waals surface area contributed by atoms with Crippen molar-refractivity contribution in [1.82, 2.24) is 5.32 Å². The topological polar surface area (TPSA) is 52.5 Å². The number of hydrogen-bond acceptors (Lipinski definition) is 3. The molecule has 0 aromatic heterocycles. The fourth-order valence-electron chi connectivity index (χ4n) is 1.21. The lowest BCUT2D eigenvalue weighted by molar-refractivity contribution is 0.210. The third-order valence-corrected chi connectivity index (χ3v) is 2.24. The molecule has 0 heterocycles. The van der Waals surface area contributed by atoms with Gasteiger partial charge in [-0.15, -0.1) is 0 Å². The number of hydrogen-bond donors (Lipinski definition) is 3. The molecule has 1 atom stereocenters. The Bertz CT molecular complexity index is 107. The molecule has 0 saturated heterocycles. The second-order valence-corrected chi connectivity index (χ2v) is 3.77. The second-order valence-electron chi connectivity index (χ2n) is 3.77. The Morgan fingerprint density at radius 3 is 2.23 bits per heavy atom. The van der Waals surface area contributed by atoms with Crippen LogP contribution in [0.3, 0.4) is 0 Å². The number of aliphatic hydroxyl groups is 2. The minimum Gasteiger partial charge on any atom is -0.396 e. The van der Waals surface area contributed by atoms with Crippen molar-refractivity contribution >= 4 is 0 Å². The van der Waals surface area contributed by atoms with E-state index < -0.39 is 0 Å². The predicted octanol–water partition coefficient (Wildman–Crippen LogP) is 0.755. The Labute approximate surface area is 81.2 Å². The van der Waals surface area contributed by atoms with E-state index in [-0.39, 0.29) is 19.3 Å². The monoisotopic (exact) mass is 189 g/mol. The van der Waals surface area contributed by atoms with Gasteiger partial charge < -0.3 is 15.5 Å². The molecule has 13 heavy (non-hydrogen) atoms. The number of rotatable bonds is 8. The van der Waals surface area contributed by atoms with Gasteiger partial charge in [-0.3, -0.25) is 0 Å². The summed E-state index contributed by atoms with van der Waals surface area (Å²) in [6.07, 6.45) is 3.01. The van der Waals surface area contributed by atoms with E-state index in [0.29, 0.717) is 5.92 Å². The van der Waals surface area contributed by atoms with E-state index in [0.717, 1.165) is 25.8 Å². The normalized spacial score (nSPS) is 13.6. The van der Waals surface area contributed by atoms with Gasteiger partial charge in [0.2, 0.25) is 0 Å². The van der Waals surface area contributed by atoms with Crippen LogP contribution in [0.4, 0.5) is 0 Å². The van der Waals surface area contributed by atoms with Crippen molar-refractivity contribution in [2.45, 2.75) is 39.2 Å². The second kappa shape index (κ2) is 8.48. The van der Waals surface area contributed by atoms with Crippen LogP contribution in [0, 0.1) is 5.92 Å². The molecule has 0 aliphatic rings. The largest absolute Gasteiger partial charge is 0.396 e. The molecule has 0 unspecified atom stereocenters. The summed E-state index contributed by atoms with van der Waals surface area (Å²) in [6.45, 7) is 5.62. The first-order valence-corrected chi connectivity index (χ1v) is 5.17. The van der Waals surface area contributed by atoms with E-state index in [9.17, 15) is 0 Å². The zero-order valence-corrected chi connectivity index (χ0v) is 8.79. The Morgan fingerprint density at radius 1 is 1.08 bits per heavy atom. The molecule has 0 aliphatic carbocycles. The lowest BCUT2D eigenvalue weighted by atomic mass is 10.1. The average molecular weight is 189 g/mol. The standard InChI is InChI=1S/C10H23NO2/c1-9(2)10(8-13)11-6-4-3-5-7-12/h9-13H,3-8H2,1-2H3/t10-/m1/s1. The SMILES string of the molecule is CC(C)[C@@H](CO)NCCCCCO. The summed E-state index contributed by atoms with van der Waals surface area (Å²) >= 11 is 0. The maximum absolute atomic E-state index is 9.00. The molecule has 3 nitrogen and oxygen atoms in total. The van der Waals surface area contributed by atoms with Crippen LogP contribution in [0.25, 0.3) is 0 Å².